The number of hydrogen-bond acceptors (Lipinski definition) is 4. The van der Waals surface area contributed by atoms with Crippen molar-refractivity contribution in [2.24, 2.45) is 11.3 Å². The number of thiazole rings is 1. The lowest BCUT2D eigenvalue weighted by atomic mass is 9.92. The third-order valence-electron chi connectivity index (χ3n) is 5.15. The maximum Gasteiger partial charge on any atom is 0.228 e. The quantitative estimate of drug-likeness (QED) is 0.908. The Balaban J connectivity index is 1.46. The molecule has 1 aromatic heterocycles. The molecule has 1 atom stereocenters. The molecule has 2 aromatic rings. The van der Waals surface area contributed by atoms with Gasteiger partial charge in [-0.1, -0.05) is 12.1 Å². The number of benzene rings is 1. The first-order chi connectivity index (χ1) is 11.2. The summed E-state index contributed by atoms with van der Waals surface area (Å²) in [6.45, 7) is 4.09. The van der Waals surface area contributed by atoms with Gasteiger partial charge in [-0.05, 0) is 56.8 Å². The second-order valence-electron chi connectivity index (χ2n) is 6.69. The third-order valence-corrected chi connectivity index (χ3v) is 5.92. The molecule has 2 fully saturated rings. The van der Waals surface area contributed by atoms with Crippen LogP contribution in [0.4, 0.5) is 5.69 Å². The largest absolute Gasteiger partial charge is 0.326 e. The SMILES string of the molecule is Cc1nc(-c2cccc(NC(=O)C3CC34CCNCC4)c2)cs1. The summed E-state index contributed by atoms with van der Waals surface area (Å²) in [7, 11) is 0. The minimum atomic E-state index is 0.179. The molecule has 0 bridgehead atoms. The van der Waals surface area contributed by atoms with Crippen LogP contribution < -0.4 is 10.6 Å². The zero-order chi connectivity index (χ0) is 15.9. The monoisotopic (exact) mass is 327 g/mol. The summed E-state index contributed by atoms with van der Waals surface area (Å²) in [4.78, 5) is 17.1. The average Bonchev–Trinajstić information content (AvgIpc) is 3.06. The first-order valence-corrected chi connectivity index (χ1v) is 9.08. The lowest BCUT2D eigenvalue weighted by Crippen LogP contribution is -2.31. The summed E-state index contributed by atoms with van der Waals surface area (Å²) in [5.74, 6) is 0.369. The molecule has 1 saturated carbocycles. The second-order valence-corrected chi connectivity index (χ2v) is 7.75. The highest BCUT2D eigenvalue weighted by Crippen LogP contribution is 2.58. The van der Waals surface area contributed by atoms with E-state index in [0.29, 0.717) is 0 Å². The smallest absolute Gasteiger partial charge is 0.228 e. The highest BCUT2D eigenvalue weighted by molar-refractivity contribution is 7.09. The molecule has 23 heavy (non-hydrogen) atoms. The van der Waals surface area contributed by atoms with Gasteiger partial charge in [0.15, 0.2) is 0 Å². The van der Waals surface area contributed by atoms with Gasteiger partial charge in [0.05, 0.1) is 10.7 Å². The number of amides is 1. The maximum atomic E-state index is 12.6. The van der Waals surface area contributed by atoms with Crippen LogP contribution in [0.3, 0.4) is 0 Å². The average molecular weight is 327 g/mol. The number of rotatable bonds is 3. The molecule has 2 heterocycles. The van der Waals surface area contributed by atoms with Gasteiger partial charge in [-0.2, -0.15) is 0 Å². The fourth-order valence-electron chi connectivity index (χ4n) is 3.68. The van der Waals surface area contributed by atoms with Crippen molar-refractivity contribution in [3.05, 3.63) is 34.7 Å². The van der Waals surface area contributed by atoms with Crippen molar-refractivity contribution in [2.45, 2.75) is 26.2 Å². The molecule has 5 heteroatoms. The van der Waals surface area contributed by atoms with E-state index in [1.807, 2.05) is 31.2 Å². The van der Waals surface area contributed by atoms with Crippen molar-refractivity contribution in [2.75, 3.05) is 18.4 Å². The molecule has 4 nitrogen and oxygen atoms in total. The van der Waals surface area contributed by atoms with Crippen LogP contribution in [0.1, 0.15) is 24.3 Å². The fourth-order valence-corrected chi connectivity index (χ4v) is 4.30. The van der Waals surface area contributed by atoms with Gasteiger partial charge >= 0.3 is 0 Å². The minimum absolute atomic E-state index is 0.179. The molecule has 1 aliphatic carbocycles. The standard InChI is InChI=1S/C18H21N3OS/c1-12-20-16(11-23-12)13-3-2-4-14(9-13)21-17(22)15-10-18(15)5-7-19-8-6-18/h2-4,9,11,15,19H,5-8,10H2,1H3,(H,21,22). The van der Waals surface area contributed by atoms with Crippen molar-refractivity contribution >= 4 is 22.9 Å². The number of piperidine rings is 1. The molecule has 2 N–H and O–H groups in total. The van der Waals surface area contributed by atoms with Crippen molar-refractivity contribution in [3.63, 3.8) is 0 Å². The lowest BCUT2D eigenvalue weighted by molar-refractivity contribution is -0.118. The summed E-state index contributed by atoms with van der Waals surface area (Å²) in [6, 6.07) is 7.99. The van der Waals surface area contributed by atoms with E-state index in [0.717, 1.165) is 54.3 Å². The van der Waals surface area contributed by atoms with Gasteiger partial charge in [0.25, 0.3) is 0 Å². The van der Waals surface area contributed by atoms with E-state index in [2.05, 4.69) is 21.0 Å². The maximum absolute atomic E-state index is 12.6. The van der Waals surface area contributed by atoms with E-state index in [1.165, 1.54) is 0 Å². The number of nitrogens with one attached hydrogen (secondary N) is 2. The molecule has 0 radical (unpaired) electrons. The zero-order valence-electron chi connectivity index (χ0n) is 13.3. The molecular weight excluding hydrogens is 306 g/mol. The van der Waals surface area contributed by atoms with Crippen LogP contribution in [-0.2, 0) is 4.79 Å². The molecule has 1 unspecified atom stereocenters. The van der Waals surface area contributed by atoms with Crippen LogP contribution in [0.5, 0.6) is 0 Å². The molecular formula is C18H21N3OS. The number of aryl methyl sites for hydroxylation is 1. The van der Waals surface area contributed by atoms with E-state index in [-0.39, 0.29) is 17.2 Å². The van der Waals surface area contributed by atoms with Crippen LogP contribution in [0.15, 0.2) is 29.6 Å². The number of carbonyl (C=O) groups is 1. The third kappa shape index (κ3) is 2.91. The molecule has 1 saturated heterocycles. The highest BCUT2D eigenvalue weighted by atomic mass is 32.1. The van der Waals surface area contributed by atoms with Crippen LogP contribution in [0, 0.1) is 18.3 Å². The van der Waals surface area contributed by atoms with E-state index in [9.17, 15) is 4.79 Å². The molecule has 1 amide bonds. The Bertz CT molecular complexity index is 733. The molecule has 1 aromatic carbocycles. The predicted octanol–water partition coefficient (Wildman–Crippen LogP) is 3.45. The summed E-state index contributed by atoms with van der Waals surface area (Å²) < 4.78 is 0. The van der Waals surface area contributed by atoms with Gasteiger partial charge in [0.2, 0.25) is 5.91 Å². The van der Waals surface area contributed by atoms with Crippen LogP contribution in [0.2, 0.25) is 0 Å². The Labute approximate surface area is 140 Å². The van der Waals surface area contributed by atoms with Gasteiger partial charge in [-0.3, -0.25) is 4.79 Å². The van der Waals surface area contributed by atoms with Crippen LogP contribution in [-0.4, -0.2) is 24.0 Å². The van der Waals surface area contributed by atoms with Gasteiger partial charge in [-0.25, -0.2) is 4.98 Å². The molecule has 1 spiro atoms. The number of carbonyl (C=O) groups excluding carboxylic acids is 1. The molecule has 1 aliphatic heterocycles. The second kappa shape index (κ2) is 5.73. The van der Waals surface area contributed by atoms with Crippen molar-refractivity contribution in [3.8, 4) is 11.3 Å². The Hall–Kier alpha value is -1.72. The molecule has 4 rings (SSSR count). The van der Waals surface area contributed by atoms with Crippen LogP contribution >= 0.6 is 11.3 Å². The Morgan fingerprint density at radius 2 is 2.22 bits per heavy atom. The zero-order valence-corrected chi connectivity index (χ0v) is 14.1. The summed E-state index contributed by atoms with van der Waals surface area (Å²) in [5, 5.41) is 9.60. The minimum Gasteiger partial charge on any atom is -0.326 e. The molecule has 2 aliphatic rings. The van der Waals surface area contributed by atoms with Gasteiger partial charge in [0, 0.05) is 22.5 Å². The van der Waals surface area contributed by atoms with Gasteiger partial charge in [0.1, 0.15) is 0 Å². The van der Waals surface area contributed by atoms with Crippen molar-refractivity contribution in [1.82, 2.24) is 10.3 Å². The normalized spacial score (nSPS) is 22.0. The summed E-state index contributed by atoms with van der Waals surface area (Å²) >= 11 is 1.64. The van der Waals surface area contributed by atoms with E-state index >= 15 is 0 Å². The first kappa shape index (κ1) is 14.8. The van der Waals surface area contributed by atoms with Crippen LogP contribution in [0.25, 0.3) is 11.3 Å². The number of aromatic nitrogens is 1. The Kier molecular flexibility index (Phi) is 3.70. The number of hydrogen-bond donors (Lipinski definition) is 2. The topological polar surface area (TPSA) is 54.0 Å². The van der Waals surface area contributed by atoms with Gasteiger partial charge in [-0.15, -0.1) is 11.3 Å². The predicted molar refractivity (Wildman–Crippen MR) is 93.6 cm³/mol. The summed E-state index contributed by atoms with van der Waals surface area (Å²) in [5.41, 5.74) is 3.18. The van der Waals surface area contributed by atoms with E-state index in [1.54, 1.807) is 11.3 Å². The fraction of sp³-hybridized carbons (Fsp3) is 0.444. The Morgan fingerprint density at radius 3 is 2.96 bits per heavy atom. The molecule has 120 valence electrons. The number of nitrogens with zero attached hydrogens (tertiary/aromatic N) is 1. The highest BCUT2D eigenvalue weighted by Gasteiger charge is 2.57. The van der Waals surface area contributed by atoms with E-state index in [4.69, 9.17) is 0 Å². The van der Waals surface area contributed by atoms with E-state index < -0.39 is 0 Å². The Morgan fingerprint density at radius 1 is 1.39 bits per heavy atom. The number of anilines is 1. The van der Waals surface area contributed by atoms with Gasteiger partial charge < -0.3 is 10.6 Å². The summed E-state index contributed by atoms with van der Waals surface area (Å²) in [6.07, 6.45) is 3.30. The lowest BCUT2D eigenvalue weighted by Gasteiger charge is -2.23. The first-order valence-electron chi connectivity index (χ1n) is 8.20. The van der Waals surface area contributed by atoms with Crippen molar-refractivity contribution < 1.29 is 4.79 Å². The van der Waals surface area contributed by atoms with Crippen molar-refractivity contribution in [1.29, 1.82) is 0 Å².